The van der Waals surface area contributed by atoms with E-state index in [-0.39, 0.29) is 24.9 Å². The quantitative estimate of drug-likeness (QED) is 0.812. The molecular formula is C18H25N5O2. The topological polar surface area (TPSA) is 86.5 Å². The van der Waals surface area contributed by atoms with E-state index in [0.29, 0.717) is 12.5 Å². The molecule has 2 atom stereocenters. The Balaban J connectivity index is 1.77. The first-order valence-corrected chi connectivity index (χ1v) is 8.68. The third-order valence-electron chi connectivity index (χ3n) is 4.95. The van der Waals surface area contributed by atoms with Crippen LogP contribution in [0, 0.1) is 5.92 Å². The van der Waals surface area contributed by atoms with Gasteiger partial charge >= 0.3 is 0 Å². The van der Waals surface area contributed by atoms with E-state index in [1.165, 1.54) is 0 Å². The molecule has 0 bridgehead atoms. The lowest BCUT2D eigenvalue weighted by molar-refractivity contribution is -0.133. The predicted molar refractivity (Wildman–Crippen MR) is 96.1 cm³/mol. The molecule has 7 heteroatoms. The number of aliphatic hydroxyl groups excluding tert-OH is 1. The van der Waals surface area contributed by atoms with Crippen LogP contribution in [0.2, 0.25) is 0 Å². The standard InChI is InChI=1S/C18H25N5O2/c1-13-5-8-23(17(25)6-9-24)12-15(13)18-21-11-14(22(18)2)10-20-16-4-3-7-19-16/h3-4,7,10-11,13,15,19,24H,5-6,8-9,12H2,1-2H3. The van der Waals surface area contributed by atoms with Crippen molar-refractivity contribution in [3.8, 4) is 0 Å². The molecule has 0 aliphatic carbocycles. The third-order valence-corrected chi connectivity index (χ3v) is 4.95. The van der Waals surface area contributed by atoms with E-state index < -0.39 is 0 Å². The Bertz CT molecular complexity index is 735. The SMILES string of the molecule is CC1CCN(C(=O)CCO)CC1c1ncc(C=Nc2ccc[nH]2)n1C. The number of aromatic nitrogens is 3. The van der Waals surface area contributed by atoms with Gasteiger partial charge in [-0.25, -0.2) is 9.98 Å². The summed E-state index contributed by atoms with van der Waals surface area (Å²) in [4.78, 5) is 26.0. The molecule has 2 unspecified atom stereocenters. The number of imidazole rings is 1. The van der Waals surface area contributed by atoms with Gasteiger partial charge < -0.3 is 19.6 Å². The summed E-state index contributed by atoms with van der Waals surface area (Å²) in [6.45, 7) is 3.51. The molecule has 25 heavy (non-hydrogen) atoms. The van der Waals surface area contributed by atoms with Crippen LogP contribution in [0.3, 0.4) is 0 Å². The predicted octanol–water partition coefficient (Wildman–Crippen LogP) is 1.83. The number of aliphatic hydroxyl groups is 1. The van der Waals surface area contributed by atoms with Crippen LogP contribution in [0.5, 0.6) is 0 Å². The summed E-state index contributed by atoms with van der Waals surface area (Å²) >= 11 is 0. The summed E-state index contributed by atoms with van der Waals surface area (Å²) in [6.07, 6.45) is 6.59. The van der Waals surface area contributed by atoms with E-state index in [9.17, 15) is 4.79 Å². The molecule has 1 aliphatic heterocycles. The summed E-state index contributed by atoms with van der Waals surface area (Å²) in [5.41, 5.74) is 0.926. The highest BCUT2D eigenvalue weighted by atomic mass is 16.3. The van der Waals surface area contributed by atoms with Gasteiger partial charge in [-0.15, -0.1) is 0 Å². The molecule has 0 saturated carbocycles. The minimum atomic E-state index is -0.0999. The molecule has 1 fully saturated rings. The molecule has 0 spiro atoms. The Labute approximate surface area is 147 Å². The molecule has 2 aromatic rings. The maximum Gasteiger partial charge on any atom is 0.224 e. The van der Waals surface area contributed by atoms with Crippen molar-refractivity contribution in [2.75, 3.05) is 19.7 Å². The molecule has 0 aromatic carbocycles. The number of aliphatic imine (C=N–C) groups is 1. The van der Waals surface area contributed by atoms with Crippen molar-refractivity contribution in [3.63, 3.8) is 0 Å². The van der Waals surface area contributed by atoms with E-state index in [1.807, 2.05) is 41.0 Å². The fraction of sp³-hybridized carbons (Fsp3) is 0.500. The van der Waals surface area contributed by atoms with Gasteiger partial charge in [-0.1, -0.05) is 6.92 Å². The lowest BCUT2D eigenvalue weighted by atomic mass is 9.86. The Morgan fingerprint density at radius 3 is 3.12 bits per heavy atom. The fourth-order valence-electron chi connectivity index (χ4n) is 3.32. The number of amides is 1. The molecule has 3 heterocycles. The van der Waals surface area contributed by atoms with Crippen molar-refractivity contribution in [2.24, 2.45) is 18.0 Å². The van der Waals surface area contributed by atoms with Crippen LogP contribution in [0.25, 0.3) is 0 Å². The van der Waals surface area contributed by atoms with Gasteiger partial charge in [0.05, 0.1) is 24.7 Å². The van der Waals surface area contributed by atoms with Gasteiger partial charge in [0.1, 0.15) is 11.6 Å². The normalized spacial score (nSPS) is 21.2. The number of nitrogens with one attached hydrogen (secondary N) is 1. The average Bonchev–Trinajstić information content (AvgIpc) is 3.24. The van der Waals surface area contributed by atoms with Crippen LogP contribution in [0.15, 0.2) is 29.5 Å². The fourth-order valence-corrected chi connectivity index (χ4v) is 3.32. The molecular weight excluding hydrogens is 318 g/mol. The van der Waals surface area contributed by atoms with Crippen molar-refractivity contribution in [3.05, 3.63) is 36.0 Å². The summed E-state index contributed by atoms with van der Waals surface area (Å²) in [7, 11) is 1.99. The van der Waals surface area contributed by atoms with Gasteiger partial charge in [0, 0.05) is 38.7 Å². The molecule has 7 nitrogen and oxygen atoms in total. The molecule has 3 rings (SSSR count). The summed E-state index contributed by atoms with van der Waals surface area (Å²) in [6, 6.07) is 3.81. The maximum absolute atomic E-state index is 12.1. The van der Waals surface area contributed by atoms with E-state index in [0.717, 1.165) is 30.3 Å². The zero-order chi connectivity index (χ0) is 17.8. The van der Waals surface area contributed by atoms with Crippen LogP contribution in [0.4, 0.5) is 5.82 Å². The molecule has 1 aliphatic rings. The van der Waals surface area contributed by atoms with Gasteiger partial charge in [-0.3, -0.25) is 4.79 Å². The monoisotopic (exact) mass is 343 g/mol. The van der Waals surface area contributed by atoms with E-state index in [1.54, 1.807) is 6.21 Å². The Morgan fingerprint density at radius 1 is 1.56 bits per heavy atom. The number of aromatic amines is 1. The largest absolute Gasteiger partial charge is 0.396 e. The average molecular weight is 343 g/mol. The van der Waals surface area contributed by atoms with Gasteiger partial charge in [0.25, 0.3) is 0 Å². The number of piperidine rings is 1. The van der Waals surface area contributed by atoms with Crippen LogP contribution in [-0.2, 0) is 11.8 Å². The number of hydrogen-bond acceptors (Lipinski definition) is 4. The highest BCUT2D eigenvalue weighted by molar-refractivity contribution is 5.79. The van der Waals surface area contributed by atoms with Gasteiger partial charge in [0.2, 0.25) is 5.91 Å². The zero-order valence-electron chi connectivity index (χ0n) is 14.7. The number of rotatable bonds is 5. The number of carbonyl (C=O) groups excluding carboxylic acids is 1. The molecule has 1 amide bonds. The van der Waals surface area contributed by atoms with Crippen LogP contribution >= 0.6 is 0 Å². The van der Waals surface area contributed by atoms with E-state index >= 15 is 0 Å². The number of likely N-dealkylation sites (tertiary alicyclic amines) is 1. The van der Waals surface area contributed by atoms with Gasteiger partial charge in [0.15, 0.2) is 0 Å². The Kier molecular flexibility index (Phi) is 5.33. The van der Waals surface area contributed by atoms with E-state index in [2.05, 4.69) is 21.9 Å². The molecule has 1 saturated heterocycles. The Morgan fingerprint density at radius 2 is 2.40 bits per heavy atom. The number of hydrogen-bond donors (Lipinski definition) is 2. The third kappa shape index (κ3) is 3.82. The minimum Gasteiger partial charge on any atom is -0.396 e. The van der Waals surface area contributed by atoms with Crippen LogP contribution < -0.4 is 0 Å². The van der Waals surface area contributed by atoms with Crippen LogP contribution in [0.1, 0.15) is 37.2 Å². The highest BCUT2D eigenvalue weighted by Crippen LogP contribution is 2.31. The summed E-state index contributed by atoms with van der Waals surface area (Å²) < 4.78 is 2.05. The molecule has 134 valence electrons. The first kappa shape index (κ1) is 17.4. The number of nitrogens with zero attached hydrogens (tertiary/aromatic N) is 4. The lowest BCUT2D eigenvalue weighted by Gasteiger charge is -2.36. The van der Waals surface area contributed by atoms with Gasteiger partial charge in [-0.05, 0) is 24.5 Å². The van der Waals surface area contributed by atoms with E-state index in [4.69, 9.17) is 5.11 Å². The van der Waals surface area contributed by atoms with Crippen molar-refractivity contribution in [2.45, 2.75) is 25.7 Å². The van der Waals surface area contributed by atoms with Crippen molar-refractivity contribution in [1.82, 2.24) is 19.4 Å². The molecule has 0 radical (unpaired) electrons. The second-order valence-electron chi connectivity index (χ2n) is 6.60. The molecule has 2 N–H and O–H groups in total. The molecule has 2 aromatic heterocycles. The number of H-pyrrole nitrogens is 1. The van der Waals surface area contributed by atoms with Crippen molar-refractivity contribution < 1.29 is 9.90 Å². The van der Waals surface area contributed by atoms with Crippen molar-refractivity contribution >= 4 is 17.9 Å². The second-order valence-corrected chi connectivity index (χ2v) is 6.60. The number of carbonyl (C=O) groups is 1. The first-order chi connectivity index (χ1) is 12.1. The smallest absolute Gasteiger partial charge is 0.224 e. The van der Waals surface area contributed by atoms with Crippen LogP contribution in [-0.4, -0.2) is 56.4 Å². The summed E-state index contributed by atoms with van der Waals surface area (Å²) in [5.74, 6) is 2.43. The highest BCUT2D eigenvalue weighted by Gasteiger charge is 2.32. The first-order valence-electron chi connectivity index (χ1n) is 8.68. The minimum absolute atomic E-state index is 0.0159. The summed E-state index contributed by atoms with van der Waals surface area (Å²) in [5, 5.41) is 9.01. The maximum atomic E-state index is 12.1. The zero-order valence-corrected chi connectivity index (χ0v) is 14.7. The second kappa shape index (κ2) is 7.65. The van der Waals surface area contributed by atoms with Gasteiger partial charge in [-0.2, -0.15) is 0 Å². The lowest BCUT2D eigenvalue weighted by Crippen LogP contribution is -2.43. The van der Waals surface area contributed by atoms with Crippen molar-refractivity contribution in [1.29, 1.82) is 0 Å². The Hall–Kier alpha value is -2.41.